The maximum Gasteiger partial charge on any atom is 0.242 e. The topological polar surface area (TPSA) is 62.6 Å². The summed E-state index contributed by atoms with van der Waals surface area (Å²) in [6, 6.07) is 10.9. The van der Waals surface area contributed by atoms with E-state index in [4.69, 9.17) is 4.98 Å². The lowest BCUT2D eigenvalue weighted by Gasteiger charge is -2.30. The third-order valence-corrected chi connectivity index (χ3v) is 7.31. The Labute approximate surface area is 183 Å². The number of nitrogens with zero attached hydrogens (tertiary/aromatic N) is 3. The molecule has 0 bridgehead atoms. The van der Waals surface area contributed by atoms with Gasteiger partial charge in [0.2, 0.25) is 11.0 Å². The SMILES string of the molecule is C[C@@H]1CCCC[NH+]1CCCNC(=O)[C@@H]1CCCN1c1nc(Cc2ccccc2)ns1. The number of rotatable bonds is 8. The molecule has 0 saturated carbocycles. The molecule has 0 radical (unpaired) electrons. The fourth-order valence-electron chi connectivity index (χ4n) is 4.75. The first-order valence-electron chi connectivity index (χ1n) is 11.5. The highest BCUT2D eigenvalue weighted by molar-refractivity contribution is 7.09. The van der Waals surface area contributed by atoms with Crippen LogP contribution in [0.5, 0.6) is 0 Å². The first kappa shape index (κ1) is 21.2. The molecular formula is C23H34N5OS+. The molecule has 6 nitrogen and oxygen atoms in total. The van der Waals surface area contributed by atoms with E-state index in [1.54, 1.807) is 4.90 Å². The second-order valence-corrected chi connectivity index (χ2v) is 9.44. The molecular weight excluding hydrogens is 394 g/mol. The van der Waals surface area contributed by atoms with Crippen molar-refractivity contribution < 1.29 is 9.69 Å². The number of anilines is 1. The van der Waals surface area contributed by atoms with Crippen molar-refractivity contribution in [3.63, 3.8) is 0 Å². The van der Waals surface area contributed by atoms with Crippen LogP contribution in [-0.2, 0) is 11.2 Å². The van der Waals surface area contributed by atoms with Gasteiger partial charge >= 0.3 is 0 Å². The van der Waals surface area contributed by atoms with E-state index in [-0.39, 0.29) is 11.9 Å². The maximum absolute atomic E-state index is 12.8. The van der Waals surface area contributed by atoms with E-state index in [1.165, 1.54) is 42.9 Å². The van der Waals surface area contributed by atoms with E-state index in [0.29, 0.717) is 0 Å². The minimum Gasteiger partial charge on any atom is -0.354 e. The number of aromatic nitrogens is 2. The highest BCUT2D eigenvalue weighted by atomic mass is 32.1. The van der Waals surface area contributed by atoms with Crippen LogP contribution in [-0.4, -0.2) is 53.5 Å². The van der Waals surface area contributed by atoms with Crippen molar-refractivity contribution in [1.82, 2.24) is 14.7 Å². The number of piperidine rings is 1. The van der Waals surface area contributed by atoms with Crippen LogP contribution in [0.4, 0.5) is 5.13 Å². The van der Waals surface area contributed by atoms with E-state index in [0.717, 1.165) is 62.3 Å². The predicted molar refractivity (Wildman–Crippen MR) is 121 cm³/mol. The van der Waals surface area contributed by atoms with Gasteiger partial charge in [0.05, 0.1) is 19.1 Å². The number of carbonyl (C=O) groups is 1. The van der Waals surface area contributed by atoms with Crippen molar-refractivity contribution >= 4 is 22.6 Å². The summed E-state index contributed by atoms with van der Waals surface area (Å²) in [4.78, 5) is 21.4. The van der Waals surface area contributed by atoms with Crippen molar-refractivity contribution in [3.05, 3.63) is 41.7 Å². The minimum absolute atomic E-state index is 0.108. The van der Waals surface area contributed by atoms with E-state index in [2.05, 4.69) is 33.6 Å². The molecule has 1 aromatic heterocycles. The molecule has 3 heterocycles. The average Bonchev–Trinajstić information content (AvgIpc) is 3.42. The molecule has 2 N–H and O–H groups in total. The van der Waals surface area contributed by atoms with Crippen LogP contribution < -0.4 is 15.1 Å². The molecule has 1 aromatic carbocycles. The molecule has 0 spiro atoms. The lowest BCUT2D eigenvalue weighted by molar-refractivity contribution is -0.928. The van der Waals surface area contributed by atoms with E-state index in [1.807, 2.05) is 18.2 Å². The summed E-state index contributed by atoms with van der Waals surface area (Å²) in [5, 5.41) is 4.07. The zero-order chi connectivity index (χ0) is 20.8. The minimum atomic E-state index is -0.108. The Morgan fingerprint density at radius 1 is 1.23 bits per heavy atom. The van der Waals surface area contributed by atoms with Gasteiger partial charge in [0, 0.05) is 37.5 Å². The van der Waals surface area contributed by atoms with Gasteiger partial charge in [0.15, 0.2) is 0 Å². The van der Waals surface area contributed by atoms with E-state index >= 15 is 0 Å². The number of hydrogen-bond donors (Lipinski definition) is 2. The molecule has 2 aliphatic rings. The molecule has 7 heteroatoms. The van der Waals surface area contributed by atoms with Gasteiger partial charge < -0.3 is 15.1 Å². The first-order chi connectivity index (χ1) is 14.7. The standard InChI is InChI=1S/C23H33N5OS/c1-18-9-5-6-14-27(18)15-8-13-24-22(29)20-12-7-16-28(20)23-25-21(26-30-23)17-19-10-3-2-4-11-19/h2-4,10-11,18,20H,5-9,12-17H2,1H3,(H,24,29)/p+1/t18-,20+/m1/s1. The van der Waals surface area contributed by atoms with Crippen molar-refractivity contribution in [3.8, 4) is 0 Å². The fourth-order valence-corrected chi connectivity index (χ4v) is 5.51. The smallest absolute Gasteiger partial charge is 0.242 e. The Balaban J connectivity index is 1.26. The second-order valence-electron chi connectivity index (χ2n) is 8.71. The molecule has 2 aliphatic heterocycles. The van der Waals surface area contributed by atoms with Crippen LogP contribution in [0.3, 0.4) is 0 Å². The lowest BCUT2D eigenvalue weighted by atomic mass is 10.0. The Kier molecular flexibility index (Phi) is 7.33. The molecule has 1 amide bonds. The number of nitrogens with one attached hydrogen (secondary N) is 2. The number of benzene rings is 1. The van der Waals surface area contributed by atoms with Crippen LogP contribution in [0.2, 0.25) is 0 Å². The van der Waals surface area contributed by atoms with Crippen molar-refractivity contribution in [2.24, 2.45) is 0 Å². The monoisotopic (exact) mass is 428 g/mol. The van der Waals surface area contributed by atoms with Gasteiger partial charge in [0.25, 0.3) is 0 Å². The third-order valence-electron chi connectivity index (χ3n) is 6.52. The molecule has 162 valence electrons. The Hall–Kier alpha value is -1.99. The number of carbonyl (C=O) groups excluding carboxylic acids is 1. The van der Waals surface area contributed by atoms with Crippen molar-refractivity contribution in [1.29, 1.82) is 0 Å². The number of hydrogen-bond acceptors (Lipinski definition) is 5. The lowest BCUT2D eigenvalue weighted by Crippen LogP contribution is -3.16. The Bertz CT molecular complexity index is 811. The Morgan fingerprint density at radius 2 is 2.10 bits per heavy atom. The van der Waals surface area contributed by atoms with Crippen LogP contribution in [0.25, 0.3) is 0 Å². The van der Waals surface area contributed by atoms with Crippen molar-refractivity contribution in [2.45, 2.75) is 64.0 Å². The van der Waals surface area contributed by atoms with Gasteiger partial charge in [-0.3, -0.25) is 4.79 Å². The van der Waals surface area contributed by atoms with Gasteiger partial charge in [0.1, 0.15) is 11.9 Å². The molecule has 1 unspecified atom stereocenters. The highest BCUT2D eigenvalue weighted by Crippen LogP contribution is 2.27. The molecule has 2 saturated heterocycles. The summed E-state index contributed by atoms with van der Waals surface area (Å²) >= 11 is 1.42. The number of quaternary nitrogens is 1. The van der Waals surface area contributed by atoms with Crippen LogP contribution in [0.15, 0.2) is 30.3 Å². The fraction of sp³-hybridized carbons (Fsp3) is 0.609. The van der Waals surface area contributed by atoms with Crippen LogP contribution in [0, 0.1) is 0 Å². The first-order valence-corrected chi connectivity index (χ1v) is 12.2. The molecule has 3 atom stereocenters. The van der Waals surface area contributed by atoms with Gasteiger partial charge in [-0.15, -0.1) is 0 Å². The highest BCUT2D eigenvalue weighted by Gasteiger charge is 2.32. The maximum atomic E-state index is 12.8. The largest absolute Gasteiger partial charge is 0.354 e. The van der Waals surface area contributed by atoms with E-state index in [9.17, 15) is 4.79 Å². The zero-order valence-electron chi connectivity index (χ0n) is 18.0. The van der Waals surface area contributed by atoms with Gasteiger partial charge in [-0.25, -0.2) is 4.98 Å². The normalized spacial score (nSPS) is 24.2. The molecule has 2 fully saturated rings. The van der Waals surface area contributed by atoms with Crippen molar-refractivity contribution in [2.75, 3.05) is 31.1 Å². The number of amides is 1. The summed E-state index contributed by atoms with van der Waals surface area (Å²) in [6.07, 6.45) is 7.77. The molecule has 30 heavy (non-hydrogen) atoms. The molecule has 4 rings (SSSR count). The van der Waals surface area contributed by atoms with Gasteiger partial charge in [-0.1, -0.05) is 30.3 Å². The summed E-state index contributed by atoms with van der Waals surface area (Å²) < 4.78 is 4.54. The summed E-state index contributed by atoms with van der Waals surface area (Å²) in [7, 11) is 0. The van der Waals surface area contributed by atoms with E-state index < -0.39 is 0 Å². The zero-order valence-corrected chi connectivity index (χ0v) is 18.8. The number of likely N-dealkylation sites (tertiary alicyclic amines) is 1. The Morgan fingerprint density at radius 3 is 2.93 bits per heavy atom. The van der Waals surface area contributed by atoms with Gasteiger partial charge in [-0.05, 0) is 44.6 Å². The quantitative estimate of drug-likeness (QED) is 0.632. The summed E-state index contributed by atoms with van der Waals surface area (Å²) in [6.45, 7) is 6.46. The molecule has 0 aliphatic carbocycles. The molecule has 2 aromatic rings. The summed E-state index contributed by atoms with van der Waals surface area (Å²) in [5.74, 6) is 0.986. The second kappa shape index (κ2) is 10.4. The van der Waals surface area contributed by atoms with Gasteiger partial charge in [-0.2, -0.15) is 4.37 Å². The predicted octanol–water partition coefficient (Wildman–Crippen LogP) is 2.06. The third kappa shape index (κ3) is 5.38. The average molecular weight is 429 g/mol. The van der Waals surface area contributed by atoms with Crippen LogP contribution >= 0.6 is 11.5 Å². The summed E-state index contributed by atoms with van der Waals surface area (Å²) in [5.41, 5.74) is 1.21. The van der Waals surface area contributed by atoms with Crippen LogP contribution in [0.1, 0.15) is 56.8 Å².